The van der Waals surface area contributed by atoms with Crippen molar-refractivity contribution in [3.63, 3.8) is 0 Å². The van der Waals surface area contributed by atoms with Gasteiger partial charge in [0.05, 0.1) is 4.90 Å². The van der Waals surface area contributed by atoms with Gasteiger partial charge >= 0.3 is 0 Å². The molecule has 0 aliphatic heterocycles. The molecule has 0 bridgehead atoms. The van der Waals surface area contributed by atoms with Crippen LogP contribution in [0.2, 0.25) is 0 Å². The summed E-state index contributed by atoms with van der Waals surface area (Å²) in [5.74, 6) is 0. The first kappa shape index (κ1) is 13.2. The first-order valence-electron chi connectivity index (χ1n) is 6.84. The lowest BCUT2D eigenvalue weighted by Gasteiger charge is -2.06. The Morgan fingerprint density at radius 3 is 1.59 bits per heavy atom. The molecule has 0 radical (unpaired) electrons. The molecule has 4 aromatic carbocycles. The molecule has 0 spiro atoms. The fourth-order valence-electron chi connectivity index (χ4n) is 2.83. The second-order valence-corrected chi connectivity index (χ2v) is 6.80. The zero-order valence-electron chi connectivity index (χ0n) is 11.5. The van der Waals surface area contributed by atoms with Crippen LogP contribution >= 0.6 is 0 Å². The van der Waals surface area contributed by atoms with E-state index in [1.165, 1.54) is 17.5 Å². The Kier molecular flexibility index (Phi) is 2.73. The molecule has 3 nitrogen and oxygen atoms in total. The molecule has 4 rings (SSSR count). The Hall–Kier alpha value is -2.43. The summed E-state index contributed by atoms with van der Waals surface area (Å²) in [7, 11) is -4.18. The van der Waals surface area contributed by atoms with E-state index < -0.39 is 10.1 Å². The molecule has 108 valence electrons. The van der Waals surface area contributed by atoms with E-state index in [4.69, 9.17) is 0 Å². The summed E-state index contributed by atoms with van der Waals surface area (Å²) >= 11 is 0. The van der Waals surface area contributed by atoms with Crippen LogP contribution in [0.25, 0.3) is 32.3 Å². The quantitative estimate of drug-likeness (QED) is 0.419. The van der Waals surface area contributed by atoms with Crippen LogP contribution < -0.4 is 0 Å². The standard InChI is InChI=1S/C18H12O3S/c19-22(20,21)18-6-5-14-9-15-7-12-3-1-2-4-13(12)8-16(15)10-17(14)11-18/h1-11H,(H,19,20,21). The molecule has 0 aliphatic rings. The van der Waals surface area contributed by atoms with Gasteiger partial charge in [-0.3, -0.25) is 4.55 Å². The minimum absolute atomic E-state index is 0.0832. The van der Waals surface area contributed by atoms with Gasteiger partial charge in [-0.1, -0.05) is 30.3 Å². The fourth-order valence-corrected chi connectivity index (χ4v) is 3.35. The average Bonchev–Trinajstić information content (AvgIpc) is 2.49. The Labute approximate surface area is 127 Å². The van der Waals surface area contributed by atoms with E-state index in [2.05, 4.69) is 18.2 Å². The van der Waals surface area contributed by atoms with Crippen molar-refractivity contribution in [1.29, 1.82) is 0 Å². The van der Waals surface area contributed by atoms with Gasteiger partial charge in [-0.25, -0.2) is 0 Å². The fraction of sp³-hybridized carbons (Fsp3) is 0. The van der Waals surface area contributed by atoms with Gasteiger partial charge in [-0.15, -0.1) is 0 Å². The van der Waals surface area contributed by atoms with Gasteiger partial charge in [0, 0.05) is 0 Å². The highest BCUT2D eigenvalue weighted by molar-refractivity contribution is 7.85. The van der Waals surface area contributed by atoms with Gasteiger partial charge in [0.2, 0.25) is 0 Å². The molecule has 0 amide bonds. The van der Waals surface area contributed by atoms with Crippen LogP contribution in [0.1, 0.15) is 0 Å². The Balaban J connectivity index is 2.08. The third kappa shape index (κ3) is 2.13. The molecule has 0 fully saturated rings. The molecular weight excluding hydrogens is 296 g/mol. The van der Waals surface area contributed by atoms with Crippen LogP contribution in [0.5, 0.6) is 0 Å². The Morgan fingerprint density at radius 1 is 0.591 bits per heavy atom. The summed E-state index contributed by atoms with van der Waals surface area (Å²) in [5, 5.41) is 6.18. The second kappa shape index (κ2) is 4.53. The van der Waals surface area contributed by atoms with Crippen LogP contribution in [0.15, 0.2) is 71.6 Å². The number of rotatable bonds is 1. The number of fused-ring (bicyclic) bond motifs is 3. The van der Waals surface area contributed by atoms with Crippen LogP contribution in [-0.2, 0) is 10.1 Å². The number of benzene rings is 4. The largest absolute Gasteiger partial charge is 0.294 e. The molecule has 4 aromatic rings. The van der Waals surface area contributed by atoms with Crippen molar-refractivity contribution in [3.05, 3.63) is 66.7 Å². The van der Waals surface area contributed by atoms with Crippen molar-refractivity contribution >= 4 is 42.4 Å². The molecule has 1 N–H and O–H groups in total. The zero-order chi connectivity index (χ0) is 15.3. The van der Waals surface area contributed by atoms with Crippen molar-refractivity contribution < 1.29 is 13.0 Å². The average molecular weight is 308 g/mol. The van der Waals surface area contributed by atoms with Gasteiger partial charge in [-0.05, 0) is 68.7 Å². The summed E-state index contributed by atoms with van der Waals surface area (Å²) in [6, 6.07) is 21.0. The van der Waals surface area contributed by atoms with E-state index in [-0.39, 0.29) is 4.90 Å². The van der Waals surface area contributed by atoms with Crippen LogP contribution in [-0.4, -0.2) is 13.0 Å². The minimum atomic E-state index is -4.18. The molecule has 0 saturated carbocycles. The highest BCUT2D eigenvalue weighted by atomic mass is 32.2. The van der Waals surface area contributed by atoms with Crippen LogP contribution in [0.3, 0.4) is 0 Å². The SMILES string of the molecule is O=S(=O)(O)c1ccc2cc3cc4ccccc4cc3cc2c1. The predicted octanol–water partition coefficient (Wildman–Crippen LogP) is 4.39. The molecule has 0 atom stereocenters. The third-order valence-electron chi connectivity index (χ3n) is 3.93. The molecule has 0 saturated heterocycles. The summed E-state index contributed by atoms with van der Waals surface area (Å²) in [4.78, 5) is -0.0832. The van der Waals surface area contributed by atoms with Crippen molar-refractivity contribution in [3.8, 4) is 0 Å². The predicted molar refractivity (Wildman–Crippen MR) is 88.8 cm³/mol. The van der Waals surface area contributed by atoms with E-state index in [1.807, 2.05) is 30.3 Å². The van der Waals surface area contributed by atoms with Gasteiger partial charge in [0.1, 0.15) is 0 Å². The summed E-state index contributed by atoms with van der Waals surface area (Å²) in [6.45, 7) is 0. The smallest absolute Gasteiger partial charge is 0.282 e. The normalized spacial score (nSPS) is 12.2. The maximum atomic E-state index is 11.3. The van der Waals surface area contributed by atoms with Gasteiger partial charge < -0.3 is 0 Å². The Bertz CT molecular complexity index is 1140. The number of hydrogen-bond acceptors (Lipinski definition) is 2. The van der Waals surface area contributed by atoms with E-state index >= 15 is 0 Å². The van der Waals surface area contributed by atoms with Gasteiger partial charge in [-0.2, -0.15) is 8.42 Å². The summed E-state index contributed by atoms with van der Waals surface area (Å²) < 4.78 is 31.7. The van der Waals surface area contributed by atoms with Crippen molar-refractivity contribution in [2.45, 2.75) is 4.90 Å². The second-order valence-electron chi connectivity index (χ2n) is 5.38. The van der Waals surface area contributed by atoms with Crippen LogP contribution in [0, 0.1) is 0 Å². The van der Waals surface area contributed by atoms with Crippen molar-refractivity contribution in [2.75, 3.05) is 0 Å². The van der Waals surface area contributed by atoms with Crippen LogP contribution in [0.4, 0.5) is 0 Å². The molecule has 22 heavy (non-hydrogen) atoms. The zero-order valence-corrected chi connectivity index (χ0v) is 12.3. The first-order chi connectivity index (χ1) is 10.5. The molecule has 0 unspecified atom stereocenters. The van der Waals surface area contributed by atoms with Crippen molar-refractivity contribution in [2.24, 2.45) is 0 Å². The summed E-state index contributed by atoms with van der Waals surface area (Å²) in [6.07, 6.45) is 0. The highest BCUT2D eigenvalue weighted by Crippen LogP contribution is 2.28. The molecule has 0 aliphatic carbocycles. The molecule has 0 heterocycles. The van der Waals surface area contributed by atoms with Crippen molar-refractivity contribution in [1.82, 2.24) is 0 Å². The number of hydrogen-bond donors (Lipinski definition) is 1. The third-order valence-corrected chi connectivity index (χ3v) is 4.78. The van der Waals surface area contributed by atoms with E-state index in [0.717, 1.165) is 26.9 Å². The Morgan fingerprint density at radius 2 is 1.05 bits per heavy atom. The molecule has 0 aromatic heterocycles. The lowest BCUT2D eigenvalue weighted by Crippen LogP contribution is -1.97. The van der Waals surface area contributed by atoms with E-state index in [0.29, 0.717) is 0 Å². The maximum Gasteiger partial charge on any atom is 0.294 e. The lowest BCUT2D eigenvalue weighted by molar-refractivity contribution is 0.483. The maximum absolute atomic E-state index is 11.3. The molecular formula is C18H12O3S. The van der Waals surface area contributed by atoms with Gasteiger partial charge in [0.25, 0.3) is 10.1 Å². The lowest BCUT2D eigenvalue weighted by atomic mass is 10.00. The summed E-state index contributed by atoms with van der Waals surface area (Å²) in [5.41, 5.74) is 0. The van der Waals surface area contributed by atoms with Gasteiger partial charge in [0.15, 0.2) is 0 Å². The van der Waals surface area contributed by atoms with E-state index in [1.54, 1.807) is 6.07 Å². The topological polar surface area (TPSA) is 54.4 Å². The highest BCUT2D eigenvalue weighted by Gasteiger charge is 2.10. The van der Waals surface area contributed by atoms with E-state index in [9.17, 15) is 13.0 Å². The monoisotopic (exact) mass is 308 g/mol. The first-order valence-corrected chi connectivity index (χ1v) is 8.28. The molecule has 4 heteroatoms. The minimum Gasteiger partial charge on any atom is -0.282 e.